The molecule has 2 aromatic heterocycles. The van der Waals surface area contributed by atoms with Gasteiger partial charge in [0.05, 0.1) is 10.7 Å². The molecule has 0 aromatic carbocycles. The highest BCUT2D eigenvalue weighted by atomic mass is 35.5. The second-order valence-corrected chi connectivity index (χ2v) is 4.05. The van der Waals surface area contributed by atoms with Crippen LogP contribution in [0.4, 0.5) is 0 Å². The number of hydrogen-bond donors (Lipinski definition) is 2. The highest BCUT2D eigenvalue weighted by molar-refractivity contribution is 6.33. The van der Waals surface area contributed by atoms with E-state index < -0.39 is 0 Å². The quantitative estimate of drug-likeness (QED) is 0.856. The van der Waals surface area contributed by atoms with E-state index in [0.717, 1.165) is 0 Å². The molecule has 0 atom stereocenters. The maximum atomic E-state index is 11.9. The van der Waals surface area contributed by atoms with Gasteiger partial charge in [0.2, 0.25) is 0 Å². The number of carbonyl (C=O) groups excluding carboxylic acids is 1. The summed E-state index contributed by atoms with van der Waals surface area (Å²) < 4.78 is 1.68. The Morgan fingerprint density at radius 2 is 2.41 bits per heavy atom. The lowest BCUT2D eigenvalue weighted by atomic mass is 10.3. The summed E-state index contributed by atoms with van der Waals surface area (Å²) >= 11 is 6.02. The fourth-order valence-electron chi connectivity index (χ4n) is 1.69. The number of imidazole rings is 1. The first-order chi connectivity index (χ1) is 8.15. The molecule has 17 heavy (non-hydrogen) atoms. The number of rotatable bonds is 3. The number of nitrogens with two attached hydrogens (primary N) is 1. The summed E-state index contributed by atoms with van der Waals surface area (Å²) in [6.07, 6.45) is 1.76. The third-order valence-electron chi connectivity index (χ3n) is 2.42. The first-order valence-corrected chi connectivity index (χ1v) is 5.64. The van der Waals surface area contributed by atoms with Crippen molar-refractivity contribution >= 4 is 23.2 Å². The molecule has 90 valence electrons. The lowest BCUT2D eigenvalue weighted by Gasteiger charge is -2.04. The number of nitrogens with zero attached hydrogens (tertiary/aromatic N) is 2. The molecule has 0 aliphatic heterocycles. The monoisotopic (exact) mass is 252 g/mol. The maximum Gasteiger partial charge on any atom is 0.270 e. The van der Waals surface area contributed by atoms with Crippen molar-refractivity contribution in [3.05, 3.63) is 34.7 Å². The molecule has 0 spiro atoms. The van der Waals surface area contributed by atoms with E-state index in [-0.39, 0.29) is 5.91 Å². The van der Waals surface area contributed by atoms with Crippen LogP contribution in [0.5, 0.6) is 0 Å². The van der Waals surface area contributed by atoms with Gasteiger partial charge in [-0.15, -0.1) is 0 Å². The van der Waals surface area contributed by atoms with Crippen LogP contribution >= 0.6 is 11.6 Å². The van der Waals surface area contributed by atoms with Crippen molar-refractivity contribution in [2.75, 3.05) is 13.1 Å². The Balaban J connectivity index is 2.50. The summed E-state index contributed by atoms with van der Waals surface area (Å²) in [6, 6.07) is 3.51. The number of hydrogen-bond acceptors (Lipinski definition) is 3. The third-order valence-corrected chi connectivity index (χ3v) is 2.72. The first-order valence-electron chi connectivity index (χ1n) is 5.26. The molecule has 0 radical (unpaired) electrons. The minimum absolute atomic E-state index is 0.192. The van der Waals surface area contributed by atoms with Crippen LogP contribution in [0.3, 0.4) is 0 Å². The number of aromatic nitrogens is 2. The predicted octanol–water partition coefficient (Wildman–Crippen LogP) is 0.985. The fourth-order valence-corrected chi connectivity index (χ4v) is 1.90. The van der Waals surface area contributed by atoms with E-state index in [0.29, 0.717) is 35.1 Å². The summed E-state index contributed by atoms with van der Waals surface area (Å²) in [5.41, 5.74) is 7.08. The molecule has 0 saturated heterocycles. The van der Waals surface area contributed by atoms with Crippen LogP contribution in [0.1, 0.15) is 16.2 Å². The SMILES string of the molecule is Cc1nc2c(Cl)cccn2c1C(=O)NCCN. The van der Waals surface area contributed by atoms with Crippen LogP contribution in [0.2, 0.25) is 5.02 Å². The summed E-state index contributed by atoms with van der Waals surface area (Å²) in [4.78, 5) is 16.2. The van der Waals surface area contributed by atoms with Crippen molar-refractivity contribution in [2.45, 2.75) is 6.92 Å². The van der Waals surface area contributed by atoms with Gasteiger partial charge in [0.1, 0.15) is 5.69 Å². The number of amides is 1. The van der Waals surface area contributed by atoms with Gasteiger partial charge < -0.3 is 11.1 Å². The maximum absolute atomic E-state index is 11.9. The van der Waals surface area contributed by atoms with Crippen LogP contribution in [0.25, 0.3) is 5.65 Å². The minimum Gasteiger partial charge on any atom is -0.349 e. The molecule has 0 aliphatic rings. The molecule has 0 saturated carbocycles. The Bertz CT molecular complexity index is 564. The van der Waals surface area contributed by atoms with Crippen molar-refractivity contribution < 1.29 is 4.79 Å². The van der Waals surface area contributed by atoms with E-state index in [1.165, 1.54) is 0 Å². The summed E-state index contributed by atoms with van der Waals surface area (Å²) in [5, 5.41) is 3.24. The first kappa shape index (κ1) is 11.9. The van der Waals surface area contributed by atoms with Gasteiger partial charge in [0.15, 0.2) is 5.65 Å². The molecule has 0 aliphatic carbocycles. The smallest absolute Gasteiger partial charge is 0.270 e. The molecule has 1 amide bonds. The zero-order valence-corrected chi connectivity index (χ0v) is 10.2. The van der Waals surface area contributed by atoms with Crippen molar-refractivity contribution in [2.24, 2.45) is 5.73 Å². The Labute approximate surface area is 104 Å². The Hall–Kier alpha value is -1.59. The summed E-state index contributed by atoms with van der Waals surface area (Å²) in [5.74, 6) is -0.192. The number of pyridine rings is 1. The molecule has 3 N–H and O–H groups in total. The topological polar surface area (TPSA) is 72.4 Å². The van der Waals surface area contributed by atoms with E-state index in [1.807, 2.05) is 0 Å². The predicted molar refractivity (Wildman–Crippen MR) is 66.3 cm³/mol. The van der Waals surface area contributed by atoms with Crippen molar-refractivity contribution in [1.82, 2.24) is 14.7 Å². The molecular weight excluding hydrogens is 240 g/mol. The molecule has 0 fully saturated rings. The Kier molecular flexibility index (Phi) is 3.31. The van der Waals surface area contributed by atoms with Crippen molar-refractivity contribution in [1.29, 1.82) is 0 Å². The number of nitrogens with one attached hydrogen (secondary N) is 1. The summed E-state index contributed by atoms with van der Waals surface area (Å²) in [7, 11) is 0. The molecule has 2 heterocycles. The van der Waals surface area contributed by atoms with Gasteiger partial charge in [-0.1, -0.05) is 11.6 Å². The van der Waals surface area contributed by atoms with Gasteiger partial charge in [-0.3, -0.25) is 9.20 Å². The van der Waals surface area contributed by atoms with Gasteiger partial charge in [0, 0.05) is 19.3 Å². The van der Waals surface area contributed by atoms with Gasteiger partial charge in [-0.05, 0) is 19.1 Å². The van der Waals surface area contributed by atoms with E-state index in [1.54, 1.807) is 29.7 Å². The molecule has 0 unspecified atom stereocenters. The highest BCUT2D eigenvalue weighted by Crippen LogP contribution is 2.19. The van der Waals surface area contributed by atoms with E-state index >= 15 is 0 Å². The number of halogens is 1. The number of carbonyl (C=O) groups is 1. The van der Waals surface area contributed by atoms with Crippen LogP contribution in [0.15, 0.2) is 18.3 Å². The Morgan fingerprint density at radius 3 is 3.12 bits per heavy atom. The van der Waals surface area contributed by atoms with Crippen molar-refractivity contribution in [3.63, 3.8) is 0 Å². The van der Waals surface area contributed by atoms with Crippen LogP contribution in [-0.2, 0) is 0 Å². The molecule has 2 aromatic rings. The van der Waals surface area contributed by atoms with Gasteiger partial charge in [-0.2, -0.15) is 0 Å². The van der Waals surface area contributed by atoms with E-state index in [2.05, 4.69) is 10.3 Å². The van der Waals surface area contributed by atoms with Crippen LogP contribution in [-0.4, -0.2) is 28.4 Å². The molecule has 5 nitrogen and oxygen atoms in total. The molecular formula is C11H13ClN4O. The number of aryl methyl sites for hydroxylation is 1. The average Bonchev–Trinajstić information content (AvgIpc) is 2.64. The van der Waals surface area contributed by atoms with Crippen LogP contribution < -0.4 is 11.1 Å². The second-order valence-electron chi connectivity index (χ2n) is 3.64. The summed E-state index contributed by atoms with van der Waals surface area (Å²) in [6.45, 7) is 2.62. The van der Waals surface area contributed by atoms with Gasteiger partial charge >= 0.3 is 0 Å². The number of fused-ring (bicyclic) bond motifs is 1. The Morgan fingerprint density at radius 1 is 1.65 bits per heavy atom. The third kappa shape index (κ3) is 2.11. The van der Waals surface area contributed by atoms with Gasteiger partial charge in [-0.25, -0.2) is 4.98 Å². The average molecular weight is 253 g/mol. The fraction of sp³-hybridized carbons (Fsp3) is 0.273. The zero-order chi connectivity index (χ0) is 12.4. The molecule has 0 bridgehead atoms. The second kappa shape index (κ2) is 4.73. The highest BCUT2D eigenvalue weighted by Gasteiger charge is 2.16. The zero-order valence-electron chi connectivity index (χ0n) is 9.40. The van der Waals surface area contributed by atoms with Crippen molar-refractivity contribution in [3.8, 4) is 0 Å². The van der Waals surface area contributed by atoms with Gasteiger partial charge in [0.25, 0.3) is 5.91 Å². The lowest BCUT2D eigenvalue weighted by molar-refractivity contribution is 0.0948. The van der Waals surface area contributed by atoms with E-state index in [9.17, 15) is 4.79 Å². The largest absolute Gasteiger partial charge is 0.349 e. The molecule has 6 heteroatoms. The standard InChI is InChI=1S/C11H13ClN4O/c1-7-9(11(17)14-5-4-13)16-6-2-3-8(12)10(16)15-7/h2-3,6H,4-5,13H2,1H3,(H,14,17). The lowest BCUT2D eigenvalue weighted by Crippen LogP contribution is -2.30. The minimum atomic E-state index is -0.192. The van der Waals surface area contributed by atoms with E-state index in [4.69, 9.17) is 17.3 Å². The van der Waals surface area contributed by atoms with Crippen LogP contribution in [0, 0.1) is 6.92 Å². The normalized spacial score (nSPS) is 10.8. The molecule has 2 rings (SSSR count).